The predicted octanol–water partition coefficient (Wildman–Crippen LogP) is 5.17. The van der Waals surface area contributed by atoms with E-state index in [1.54, 1.807) is 18.2 Å². The number of halogens is 4. The molecule has 0 bridgehead atoms. The molecule has 0 aliphatic heterocycles. The molecule has 0 radical (unpaired) electrons. The monoisotopic (exact) mass is 452 g/mol. The average molecular weight is 453 g/mol. The van der Waals surface area contributed by atoms with Crippen LogP contribution in [0.25, 0.3) is 0 Å². The molecule has 2 aromatic carbocycles. The van der Waals surface area contributed by atoms with E-state index in [2.05, 4.69) is 5.32 Å². The van der Waals surface area contributed by atoms with Crippen molar-refractivity contribution in [2.24, 2.45) is 0 Å². The molecule has 1 amide bonds. The highest BCUT2D eigenvalue weighted by atomic mass is 35.5. The molecule has 0 aliphatic rings. The summed E-state index contributed by atoms with van der Waals surface area (Å²) in [7, 11) is 1.42. The zero-order valence-electron chi connectivity index (χ0n) is 16.1. The lowest BCUT2D eigenvalue weighted by molar-refractivity contribution is -0.137. The van der Waals surface area contributed by atoms with E-state index in [1.165, 1.54) is 36.1 Å². The second-order valence-electron chi connectivity index (χ2n) is 6.34. The first kappa shape index (κ1) is 22.4. The van der Waals surface area contributed by atoms with Crippen LogP contribution in [0.3, 0.4) is 0 Å². The molecule has 1 N–H and O–H groups in total. The highest BCUT2D eigenvalue weighted by molar-refractivity contribution is 6.32. The Morgan fingerprint density at radius 2 is 1.84 bits per heavy atom. The minimum Gasteiger partial charge on any atom is -0.457 e. The van der Waals surface area contributed by atoms with E-state index in [0.29, 0.717) is 6.07 Å². The molecule has 0 aliphatic carbocycles. The minimum absolute atomic E-state index is 0.0244. The summed E-state index contributed by atoms with van der Waals surface area (Å²) in [5, 5.41) is 1.81. The fourth-order valence-electron chi connectivity index (χ4n) is 2.68. The Bertz CT molecular complexity index is 1150. The fourth-order valence-corrected chi connectivity index (χ4v) is 2.95. The number of pyridine rings is 1. The Balaban J connectivity index is 1.98. The summed E-state index contributed by atoms with van der Waals surface area (Å²) < 4.78 is 51.6. The van der Waals surface area contributed by atoms with Crippen LogP contribution in [-0.4, -0.2) is 17.6 Å². The van der Waals surface area contributed by atoms with Gasteiger partial charge in [0.15, 0.2) is 0 Å². The van der Waals surface area contributed by atoms with Gasteiger partial charge in [0.1, 0.15) is 18.2 Å². The van der Waals surface area contributed by atoms with Gasteiger partial charge in [-0.05, 0) is 30.3 Å². The van der Waals surface area contributed by atoms with Gasteiger partial charge in [-0.1, -0.05) is 29.8 Å². The number of benzene rings is 2. The molecular formula is C21H16ClF3N2O4. The summed E-state index contributed by atoms with van der Waals surface area (Å²) in [6, 6.07) is 12.2. The summed E-state index contributed by atoms with van der Waals surface area (Å²) in [5.74, 6) is -0.909. The summed E-state index contributed by atoms with van der Waals surface area (Å²) in [4.78, 5) is 24.8. The smallest absolute Gasteiger partial charge is 0.417 e. The van der Waals surface area contributed by atoms with Crippen LogP contribution >= 0.6 is 11.6 Å². The van der Waals surface area contributed by atoms with Crippen molar-refractivity contribution in [1.82, 2.24) is 4.57 Å². The third kappa shape index (κ3) is 5.44. The Morgan fingerprint density at radius 1 is 1.13 bits per heavy atom. The quantitative estimate of drug-likeness (QED) is 0.560. The largest absolute Gasteiger partial charge is 0.457 e. The van der Waals surface area contributed by atoms with Crippen LogP contribution in [0.2, 0.25) is 5.02 Å². The van der Waals surface area contributed by atoms with Gasteiger partial charge in [0.05, 0.1) is 16.1 Å². The van der Waals surface area contributed by atoms with Gasteiger partial charge in [0.2, 0.25) is 0 Å². The molecule has 1 aromatic heterocycles. The van der Waals surface area contributed by atoms with Crippen molar-refractivity contribution < 1.29 is 27.4 Å². The number of carbonyl (C=O) groups excluding carboxylic acids is 1. The maximum absolute atomic E-state index is 13.3. The number of nitrogens with zero attached hydrogens (tertiary/aromatic N) is 1. The van der Waals surface area contributed by atoms with Crippen LogP contribution < -0.4 is 15.6 Å². The summed E-state index contributed by atoms with van der Waals surface area (Å²) in [6.45, 7) is 0.0244. The number of anilines is 1. The molecule has 0 saturated heterocycles. The van der Waals surface area contributed by atoms with E-state index in [-0.39, 0.29) is 29.5 Å². The molecule has 162 valence electrons. The Hall–Kier alpha value is -3.30. The van der Waals surface area contributed by atoms with Crippen LogP contribution in [-0.2, 0) is 17.6 Å². The lowest BCUT2D eigenvalue weighted by atomic mass is 10.1. The lowest BCUT2D eigenvalue weighted by Crippen LogP contribution is -2.21. The van der Waals surface area contributed by atoms with Gasteiger partial charge in [0, 0.05) is 25.1 Å². The second kappa shape index (κ2) is 9.23. The first-order chi connectivity index (χ1) is 14.7. The number of hydrogen-bond acceptors (Lipinski definition) is 4. The molecule has 10 heteroatoms. The number of methoxy groups -OCH3 is 1. The van der Waals surface area contributed by atoms with Crippen molar-refractivity contribution in [3.63, 3.8) is 0 Å². The minimum atomic E-state index is -4.74. The summed E-state index contributed by atoms with van der Waals surface area (Å²) in [5.41, 5.74) is -1.67. The standard InChI is InChI=1S/C21H16ClF3N2O4/c1-30-12-27-8-7-13(9-19(27)28)26-20(29)15-10-17(22)16(21(23,24)25)11-18(15)31-14-5-3-2-4-6-14/h2-11H,12H2,1H3,(H,26,29). The maximum Gasteiger partial charge on any atom is 0.417 e. The molecule has 6 nitrogen and oxygen atoms in total. The van der Waals surface area contributed by atoms with Gasteiger partial charge in [-0.3, -0.25) is 14.2 Å². The molecule has 1 heterocycles. The number of aromatic nitrogens is 1. The summed E-state index contributed by atoms with van der Waals surface area (Å²) >= 11 is 5.79. The molecule has 3 aromatic rings. The van der Waals surface area contributed by atoms with E-state index in [1.807, 2.05) is 0 Å². The number of carbonyl (C=O) groups is 1. The van der Waals surface area contributed by atoms with Crippen molar-refractivity contribution in [2.75, 3.05) is 12.4 Å². The topological polar surface area (TPSA) is 69.6 Å². The van der Waals surface area contributed by atoms with Gasteiger partial charge >= 0.3 is 6.18 Å². The Morgan fingerprint density at radius 3 is 2.45 bits per heavy atom. The molecule has 3 rings (SSSR count). The summed E-state index contributed by atoms with van der Waals surface area (Å²) in [6.07, 6.45) is -3.34. The van der Waals surface area contributed by atoms with E-state index >= 15 is 0 Å². The Labute approximate surface area is 179 Å². The first-order valence-electron chi connectivity index (χ1n) is 8.83. The first-order valence-corrected chi connectivity index (χ1v) is 9.21. The predicted molar refractivity (Wildman–Crippen MR) is 109 cm³/mol. The van der Waals surface area contributed by atoms with E-state index < -0.39 is 28.2 Å². The van der Waals surface area contributed by atoms with E-state index in [0.717, 1.165) is 12.1 Å². The zero-order chi connectivity index (χ0) is 22.6. The number of alkyl halides is 3. The fraction of sp³-hybridized carbons (Fsp3) is 0.143. The molecule has 0 fully saturated rings. The highest BCUT2D eigenvalue weighted by Gasteiger charge is 2.35. The number of amides is 1. The SMILES string of the molecule is COCn1ccc(NC(=O)c2cc(Cl)c(C(F)(F)F)cc2Oc2ccccc2)cc1=O. The van der Waals surface area contributed by atoms with Crippen LogP contribution in [0.5, 0.6) is 11.5 Å². The highest BCUT2D eigenvalue weighted by Crippen LogP contribution is 2.40. The van der Waals surface area contributed by atoms with Crippen molar-refractivity contribution in [1.29, 1.82) is 0 Å². The number of para-hydroxylation sites is 1. The molecular weight excluding hydrogens is 437 g/mol. The third-order valence-electron chi connectivity index (χ3n) is 4.11. The van der Waals surface area contributed by atoms with Crippen LogP contribution in [0.1, 0.15) is 15.9 Å². The molecule has 0 spiro atoms. The van der Waals surface area contributed by atoms with Gasteiger partial charge in [0.25, 0.3) is 11.5 Å². The molecule has 0 unspecified atom stereocenters. The van der Waals surface area contributed by atoms with Crippen molar-refractivity contribution in [3.05, 3.63) is 87.3 Å². The third-order valence-corrected chi connectivity index (χ3v) is 4.43. The van der Waals surface area contributed by atoms with Gasteiger partial charge in [-0.15, -0.1) is 0 Å². The van der Waals surface area contributed by atoms with Crippen LogP contribution in [0.15, 0.2) is 65.6 Å². The van der Waals surface area contributed by atoms with Crippen molar-refractivity contribution in [2.45, 2.75) is 12.9 Å². The number of rotatable bonds is 6. The molecule has 0 atom stereocenters. The maximum atomic E-state index is 13.3. The van der Waals surface area contributed by atoms with Gasteiger partial charge in [-0.2, -0.15) is 13.2 Å². The van der Waals surface area contributed by atoms with Crippen molar-refractivity contribution >= 4 is 23.2 Å². The van der Waals surface area contributed by atoms with Crippen LogP contribution in [0.4, 0.5) is 18.9 Å². The number of nitrogens with one attached hydrogen (secondary N) is 1. The molecule has 0 saturated carbocycles. The lowest BCUT2D eigenvalue weighted by Gasteiger charge is -2.16. The average Bonchev–Trinajstić information content (AvgIpc) is 2.71. The normalized spacial score (nSPS) is 11.3. The van der Waals surface area contributed by atoms with Crippen LogP contribution in [0, 0.1) is 0 Å². The number of ether oxygens (including phenoxy) is 2. The Kier molecular flexibility index (Phi) is 6.67. The van der Waals surface area contributed by atoms with Crippen molar-refractivity contribution in [3.8, 4) is 11.5 Å². The molecule has 31 heavy (non-hydrogen) atoms. The van der Waals surface area contributed by atoms with Gasteiger partial charge in [-0.25, -0.2) is 0 Å². The number of hydrogen-bond donors (Lipinski definition) is 1. The van der Waals surface area contributed by atoms with E-state index in [4.69, 9.17) is 21.1 Å². The van der Waals surface area contributed by atoms with E-state index in [9.17, 15) is 22.8 Å². The second-order valence-corrected chi connectivity index (χ2v) is 6.74. The van der Waals surface area contributed by atoms with Gasteiger partial charge < -0.3 is 14.8 Å². The zero-order valence-corrected chi connectivity index (χ0v) is 16.8.